The molecule has 0 aromatic carbocycles. The third kappa shape index (κ3) is 3.21. The third-order valence-electron chi connectivity index (χ3n) is 4.93. The van der Waals surface area contributed by atoms with Crippen LogP contribution < -0.4 is 4.90 Å². The standard InChI is InChI=1S/C17H22N4O3S/c1-23-5-3-20-9-17(8-14(20)22)10-21(4-6-24-11-17)16-15-13(2-7-25-15)18-12-19-16/h2,7,12H,3-6,8-11H2,1H3/t17-/m1/s1. The lowest BCUT2D eigenvalue weighted by molar-refractivity contribution is -0.128. The fourth-order valence-electron chi connectivity index (χ4n) is 3.76. The molecule has 2 aliphatic heterocycles. The van der Waals surface area contributed by atoms with E-state index in [2.05, 4.69) is 14.9 Å². The quantitative estimate of drug-likeness (QED) is 0.819. The van der Waals surface area contributed by atoms with Gasteiger partial charge in [-0.3, -0.25) is 4.79 Å². The molecule has 2 aromatic rings. The number of hydrogen-bond acceptors (Lipinski definition) is 7. The topological polar surface area (TPSA) is 67.8 Å². The SMILES string of the molecule is COCCN1C[C@]2(COCCN(c3ncnc4ccsc34)C2)CC1=O. The number of methoxy groups -OCH3 is 1. The van der Waals surface area contributed by atoms with Crippen LogP contribution in [0.3, 0.4) is 0 Å². The number of aromatic nitrogens is 2. The number of thiophene rings is 1. The lowest BCUT2D eigenvalue weighted by Crippen LogP contribution is -2.41. The lowest BCUT2D eigenvalue weighted by atomic mass is 9.87. The molecular weight excluding hydrogens is 340 g/mol. The zero-order valence-electron chi connectivity index (χ0n) is 14.3. The van der Waals surface area contributed by atoms with Gasteiger partial charge in [-0.2, -0.15) is 0 Å². The molecule has 0 radical (unpaired) electrons. The summed E-state index contributed by atoms with van der Waals surface area (Å²) >= 11 is 1.66. The van der Waals surface area contributed by atoms with Gasteiger partial charge in [0.15, 0.2) is 0 Å². The second-order valence-electron chi connectivity index (χ2n) is 6.79. The van der Waals surface area contributed by atoms with E-state index < -0.39 is 0 Å². The Hall–Kier alpha value is -1.77. The molecule has 7 nitrogen and oxygen atoms in total. The first kappa shape index (κ1) is 16.7. The summed E-state index contributed by atoms with van der Waals surface area (Å²) < 4.78 is 12.1. The maximum atomic E-state index is 12.5. The summed E-state index contributed by atoms with van der Waals surface area (Å²) in [4.78, 5) is 25.5. The van der Waals surface area contributed by atoms with Crippen LogP contribution in [0.15, 0.2) is 17.8 Å². The molecule has 1 amide bonds. The van der Waals surface area contributed by atoms with Crippen molar-refractivity contribution in [3.8, 4) is 0 Å². The lowest BCUT2D eigenvalue weighted by Gasteiger charge is -2.32. The monoisotopic (exact) mass is 362 g/mol. The average Bonchev–Trinajstić information content (AvgIpc) is 3.14. The van der Waals surface area contributed by atoms with Crippen LogP contribution in [-0.4, -0.2) is 73.9 Å². The van der Waals surface area contributed by atoms with Gasteiger partial charge in [-0.25, -0.2) is 9.97 Å². The maximum absolute atomic E-state index is 12.5. The van der Waals surface area contributed by atoms with Crippen molar-refractivity contribution in [1.82, 2.24) is 14.9 Å². The number of rotatable bonds is 4. The van der Waals surface area contributed by atoms with E-state index in [9.17, 15) is 4.79 Å². The first-order valence-electron chi connectivity index (χ1n) is 8.48. The second kappa shape index (κ2) is 6.86. The van der Waals surface area contributed by atoms with E-state index in [1.54, 1.807) is 24.8 Å². The second-order valence-corrected chi connectivity index (χ2v) is 7.71. The molecule has 4 heterocycles. The van der Waals surface area contributed by atoms with Gasteiger partial charge < -0.3 is 19.3 Å². The normalized spacial score (nSPS) is 24.4. The van der Waals surface area contributed by atoms with Crippen molar-refractivity contribution in [3.05, 3.63) is 17.8 Å². The molecule has 8 heteroatoms. The van der Waals surface area contributed by atoms with E-state index in [1.165, 1.54) is 0 Å². The number of amides is 1. The molecule has 0 aliphatic carbocycles. The predicted molar refractivity (Wildman–Crippen MR) is 96.0 cm³/mol. The minimum Gasteiger partial charge on any atom is -0.383 e. The molecule has 2 saturated heterocycles. The summed E-state index contributed by atoms with van der Waals surface area (Å²) in [6.07, 6.45) is 2.14. The van der Waals surface area contributed by atoms with Gasteiger partial charge in [0.2, 0.25) is 5.91 Å². The van der Waals surface area contributed by atoms with Crippen molar-refractivity contribution >= 4 is 33.3 Å². The number of nitrogens with zero attached hydrogens (tertiary/aromatic N) is 4. The smallest absolute Gasteiger partial charge is 0.223 e. The number of carbonyl (C=O) groups is 1. The van der Waals surface area contributed by atoms with Crippen molar-refractivity contribution in [1.29, 1.82) is 0 Å². The van der Waals surface area contributed by atoms with E-state index in [1.807, 2.05) is 16.3 Å². The molecule has 2 aromatic heterocycles. The molecule has 25 heavy (non-hydrogen) atoms. The third-order valence-corrected chi connectivity index (χ3v) is 5.83. The van der Waals surface area contributed by atoms with Crippen LogP contribution in [0.1, 0.15) is 6.42 Å². The van der Waals surface area contributed by atoms with Gasteiger partial charge in [0.1, 0.15) is 12.1 Å². The molecule has 1 spiro atoms. The number of ether oxygens (including phenoxy) is 2. The predicted octanol–water partition coefficient (Wildman–Crippen LogP) is 1.39. The number of hydrogen-bond donors (Lipinski definition) is 0. The highest BCUT2D eigenvalue weighted by Crippen LogP contribution is 2.37. The van der Waals surface area contributed by atoms with Crippen molar-refractivity contribution < 1.29 is 14.3 Å². The van der Waals surface area contributed by atoms with Crippen molar-refractivity contribution in [2.75, 3.05) is 58.0 Å². The summed E-state index contributed by atoms with van der Waals surface area (Å²) in [6.45, 7) is 4.71. The molecule has 1 atom stereocenters. The number of anilines is 1. The van der Waals surface area contributed by atoms with Crippen LogP contribution in [0.5, 0.6) is 0 Å². The molecule has 2 aliphatic rings. The van der Waals surface area contributed by atoms with Gasteiger partial charge in [-0.1, -0.05) is 0 Å². The molecule has 0 N–H and O–H groups in total. The molecule has 0 saturated carbocycles. The molecule has 2 fully saturated rings. The number of carbonyl (C=O) groups excluding carboxylic acids is 1. The van der Waals surface area contributed by atoms with Crippen LogP contribution in [0.2, 0.25) is 0 Å². The highest BCUT2D eigenvalue weighted by molar-refractivity contribution is 7.17. The van der Waals surface area contributed by atoms with E-state index in [0.29, 0.717) is 39.3 Å². The summed E-state index contributed by atoms with van der Waals surface area (Å²) in [6, 6.07) is 2.01. The number of fused-ring (bicyclic) bond motifs is 1. The fourth-order valence-corrected chi connectivity index (χ4v) is 4.63. The molecular formula is C17H22N4O3S. The van der Waals surface area contributed by atoms with Crippen LogP contribution in [0.25, 0.3) is 10.2 Å². The van der Waals surface area contributed by atoms with E-state index in [4.69, 9.17) is 9.47 Å². The van der Waals surface area contributed by atoms with E-state index >= 15 is 0 Å². The Morgan fingerprint density at radius 3 is 3.20 bits per heavy atom. The molecule has 4 rings (SSSR count). The van der Waals surface area contributed by atoms with Gasteiger partial charge in [-0.05, 0) is 11.4 Å². The number of likely N-dealkylation sites (tertiary alicyclic amines) is 1. The fraction of sp³-hybridized carbons (Fsp3) is 0.588. The van der Waals surface area contributed by atoms with Crippen LogP contribution >= 0.6 is 11.3 Å². The largest absolute Gasteiger partial charge is 0.383 e. The Morgan fingerprint density at radius 1 is 1.40 bits per heavy atom. The van der Waals surface area contributed by atoms with Crippen LogP contribution in [0.4, 0.5) is 5.82 Å². The summed E-state index contributed by atoms with van der Waals surface area (Å²) in [7, 11) is 1.66. The Bertz CT molecular complexity index is 767. The van der Waals surface area contributed by atoms with Crippen LogP contribution in [-0.2, 0) is 14.3 Å². The zero-order chi connectivity index (χ0) is 17.3. The first-order valence-corrected chi connectivity index (χ1v) is 9.36. The summed E-state index contributed by atoms with van der Waals surface area (Å²) in [5, 5.41) is 2.04. The summed E-state index contributed by atoms with van der Waals surface area (Å²) in [5.74, 6) is 1.14. The Morgan fingerprint density at radius 2 is 2.32 bits per heavy atom. The Kier molecular flexibility index (Phi) is 4.58. The van der Waals surface area contributed by atoms with Gasteiger partial charge in [0.05, 0.1) is 30.0 Å². The maximum Gasteiger partial charge on any atom is 0.223 e. The van der Waals surface area contributed by atoms with Gasteiger partial charge in [0, 0.05) is 45.1 Å². The average molecular weight is 362 g/mol. The Labute approximate surface area is 150 Å². The highest BCUT2D eigenvalue weighted by atomic mass is 32.1. The van der Waals surface area contributed by atoms with Crippen LogP contribution in [0, 0.1) is 5.41 Å². The first-order chi connectivity index (χ1) is 12.2. The molecule has 134 valence electrons. The van der Waals surface area contributed by atoms with Gasteiger partial charge in [-0.15, -0.1) is 11.3 Å². The zero-order valence-corrected chi connectivity index (χ0v) is 15.1. The minimum atomic E-state index is -0.185. The summed E-state index contributed by atoms with van der Waals surface area (Å²) in [5.41, 5.74) is 0.786. The molecule has 0 bridgehead atoms. The van der Waals surface area contributed by atoms with E-state index in [-0.39, 0.29) is 11.3 Å². The van der Waals surface area contributed by atoms with Crippen molar-refractivity contribution in [2.45, 2.75) is 6.42 Å². The van der Waals surface area contributed by atoms with Gasteiger partial charge >= 0.3 is 0 Å². The van der Waals surface area contributed by atoms with Gasteiger partial charge in [0.25, 0.3) is 0 Å². The van der Waals surface area contributed by atoms with Crippen molar-refractivity contribution in [2.24, 2.45) is 5.41 Å². The highest BCUT2D eigenvalue weighted by Gasteiger charge is 2.45. The Balaban J connectivity index is 1.59. The minimum absolute atomic E-state index is 0.185. The molecule has 0 unspecified atom stereocenters. The van der Waals surface area contributed by atoms with Crippen molar-refractivity contribution in [3.63, 3.8) is 0 Å². The van der Waals surface area contributed by atoms with E-state index in [0.717, 1.165) is 29.1 Å².